The summed E-state index contributed by atoms with van der Waals surface area (Å²) in [5, 5.41) is 9.49. The number of carbonyl (C=O) groups is 1. The minimum Gasteiger partial charge on any atom is -0.459 e. The first-order valence-corrected chi connectivity index (χ1v) is 10.8. The number of nitrogens with zero attached hydrogens (tertiary/aromatic N) is 1. The standard InChI is InChI=1S/C23H26N4O2S.HI/c1-16-6-9-18(21(13-16)30-3)15-26-23(24-2)25-14-17-7-10-19(11-8-17)27-22(28)20-5-4-12-29-20;/h4-13H,14-15H2,1-3H3,(H,27,28)(H2,24,25,26);1H. The fourth-order valence-electron chi connectivity index (χ4n) is 2.89. The summed E-state index contributed by atoms with van der Waals surface area (Å²) in [5.74, 6) is 0.753. The molecule has 31 heavy (non-hydrogen) atoms. The van der Waals surface area contributed by atoms with Crippen molar-refractivity contribution in [3.05, 3.63) is 83.3 Å². The highest BCUT2D eigenvalue weighted by atomic mass is 127. The first-order chi connectivity index (χ1) is 14.6. The number of amides is 1. The summed E-state index contributed by atoms with van der Waals surface area (Å²) in [6, 6.07) is 17.4. The molecule has 0 fully saturated rings. The molecule has 1 amide bonds. The molecular formula is C23H27IN4O2S. The van der Waals surface area contributed by atoms with Crippen molar-refractivity contribution in [1.29, 1.82) is 0 Å². The molecule has 3 N–H and O–H groups in total. The fourth-order valence-corrected chi connectivity index (χ4v) is 3.60. The largest absolute Gasteiger partial charge is 0.459 e. The van der Waals surface area contributed by atoms with Gasteiger partial charge in [-0.3, -0.25) is 9.79 Å². The van der Waals surface area contributed by atoms with Crippen LogP contribution in [-0.4, -0.2) is 25.2 Å². The lowest BCUT2D eigenvalue weighted by Crippen LogP contribution is -2.36. The highest BCUT2D eigenvalue weighted by molar-refractivity contribution is 14.0. The van der Waals surface area contributed by atoms with E-state index in [1.807, 2.05) is 24.3 Å². The Hall–Kier alpha value is -2.46. The van der Waals surface area contributed by atoms with Gasteiger partial charge in [-0.1, -0.05) is 24.3 Å². The van der Waals surface area contributed by atoms with E-state index in [4.69, 9.17) is 4.42 Å². The number of aryl methyl sites for hydroxylation is 1. The van der Waals surface area contributed by atoms with Crippen molar-refractivity contribution in [2.75, 3.05) is 18.6 Å². The van der Waals surface area contributed by atoms with E-state index in [9.17, 15) is 4.79 Å². The highest BCUT2D eigenvalue weighted by Gasteiger charge is 2.08. The Bertz CT molecular complexity index is 1000. The van der Waals surface area contributed by atoms with Crippen LogP contribution in [0.4, 0.5) is 5.69 Å². The summed E-state index contributed by atoms with van der Waals surface area (Å²) in [6.07, 6.45) is 3.57. The average Bonchev–Trinajstić information content (AvgIpc) is 3.31. The number of rotatable bonds is 7. The molecule has 1 heterocycles. The van der Waals surface area contributed by atoms with Gasteiger partial charge in [-0.25, -0.2) is 0 Å². The van der Waals surface area contributed by atoms with Gasteiger partial charge in [-0.15, -0.1) is 35.7 Å². The molecule has 3 rings (SSSR count). The summed E-state index contributed by atoms with van der Waals surface area (Å²) in [6.45, 7) is 3.42. The van der Waals surface area contributed by atoms with Gasteiger partial charge in [-0.2, -0.15) is 0 Å². The van der Waals surface area contributed by atoms with Crippen molar-refractivity contribution >= 4 is 53.3 Å². The van der Waals surface area contributed by atoms with E-state index in [2.05, 4.69) is 52.3 Å². The third-order valence-corrected chi connectivity index (χ3v) is 5.35. The van der Waals surface area contributed by atoms with Gasteiger partial charge < -0.3 is 20.4 Å². The third-order valence-electron chi connectivity index (χ3n) is 4.53. The van der Waals surface area contributed by atoms with Gasteiger partial charge in [0.05, 0.1) is 6.26 Å². The molecule has 0 saturated heterocycles. The van der Waals surface area contributed by atoms with E-state index >= 15 is 0 Å². The van der Waals surface area contributed by atoms with Gasteiger partial charge in [0.15, 0.2) is 11.7 Å². The molecule has 1 aromatic heterocycles. The Morgan fingerprint density at radius 1 is 1.06 bits per heavy atom. The monoisotopic (exact) mass is 550 g/mol. The highest BCUT2D eigenvalue weighted by Crippen LogP contribution is 2.21. The number of benzene rings is 2. The van der Waals surface area contributed by atoms with Crippen LogP contribution >= 0.6 is 35.7 Å². The Labute approximate surface area is 204 Å². The van der Waals surface area contributed by atoms with Crippen LogP contribution < -0.4 is 16.0 Å². The summed E-state index contributed by atoms with van der Waals surface area (Å²) in [7, 11) is 1.76. The van der Waals surface area contributed by atoms with E-state index in [-0.39, 0.29) is 35.6 Å². The molecule has 0 bridgehead atoms. The first kappa shape index (κ1) is 24.8. The van der Waals surface area contributed by atoms with Gasteiger partial charge in [0, 0.05) is 30.7 Å². The molecular weight excluding hydrogens is 523 g/mol. The number of hydrogen-bond donors (Lipinski definition) is 3. The number of carbonyl (C=O) groups excluding carboxylic acids is 1. The second-order valence-electron chi connectivity index (χ2n) is 6.72. The molecule has 0 unspecified atom stereocenters. The van der Waals surface area contributed by atoms with Crippen molar-refractivity contribution in [2.45, 2.75) is 24.9 Å². The van der Waals surface area contributed by atoms with E-state index in [1.54, 1.807) is 30.9 Å². The first-order valence-electron chi connectivity index (χ1n) is 9.61. The van der Waals surface area contributed by atoms with Crippen LogP contribution in [0, 0.1) is 6.92 Å². The van der Waals surface area contributed by atoms with Crippen LogP contribution in [0.15, 0.2) is 75.2 Å². The molecule has 3 aromatic rings. The average molecular weight is 550 g/mol. The van der Waals surface area contributed by atoms with Gasteiger partial charge in [0.1, 0.15) is 0 Å². The van der Waals surface area contributed by atoms with Gasteiger partial charge in [0.25, 0.3) is 5.91 Å². The van der Waals surface area contributed by atoms with E-state index in [0.29, 0.717) is 18.8 Å². The maximum atomic E-state index is 12.0. The zero-order chi connectivity index (χ0) is 21.3. The van der Waals surface area contributed by atoms with Crippen LogP contribution in [0.1, 0.15) is 27.2 Å². The lowest BCUT2D eigenvalue weighted by Gasteiger charge is -2.14. The van der Waals surface area contributed by atoms with E-state index in [0.717, 1.165) is 11.5 Å². The van der Waals surface area contributed by atoms with Crippen LogP contribution in [0.25, 0.3) is 0 Å². The van der Waals surface area contributed by atoms with Crippen molar-refractivity contribution < 1.29 is 9.21 Å². The molecule has 2 aromatic carbocycles. The predicted octanol–water partition coefficient (Wildman–Crippen LogP) is 5.05. The van der Waals surface area contributed by atoms with E-state index < -0.39 is 0 Å². The lowest BCUT2D eigenvalue weighted by atomic mass is 10.1. The molecule has 0 saturated carbocycles. The molecule has 0 atom stereocenters. The smallest absolute Gasteiger partial charge is 0.291 e. The molecule has 6 nitrogen and oxygen atoms in total. The summed E-state index contributed by atoms with van der Waals surface area (Å²) in [5.41, 5.74) is 4.29. The predicted molar refractivity (Wildman–Crippen MR) is 139 cm³/mol. The van der Waals surface area contributed by atoms with Crippen LogP contribution in [0.5, 0.6) is 0 Å². The zero-order valence-corrected chi connectivity index (χ0v) is 20.9. The SMILES string of the molecule is CN=C(NCc1ccc(NC(=O)c2ccco2)cc1)NCc1ccc(C)cc1SC.I. The lowest BCUT2D eigenvalue weighted by molar-refractivity contribution is 0.0996. The second-order valence-corrected chi connectivity index (χ2v) is 7.57. The van der Waals surface area contributed by atoms with Crippen molar-refractivity contribution in [1.82, 2.24) is 10.6 Å². The van der Waals surface area contributed by atoms with Crippen molar-refractivity contribution in [3.63, 3.8) is 0 Å². The minimum atomic E-state index is -0.267. The van der Waals surface area contributed by atoms with Crippen molar-refractivity contribution in [2.24, 2.45) is 4.99 Å². The number of aliphatic imine (C=N–C) groups is 1. The third kappa shape index (κ3) is 7.32. The van der Waals surface area contributed by atoms with Crippen LogP contribution in [-0.2, 0) is 13.1 Å². The molecule has 0 aliphatic rings. The molecule has 8 heteroatoms. The number of nitrogens with one attached hydrogen (secondary N) is 3. The van der Waals surface area contributed by atoms with Gasteiger partial charge >= 0.3 is 0 Å². The van der Waals surface area contributed by atoms with Gasteiger partial charge in [0.2, 0.25) is 0 Å². The van der Waals surface area contributed by atoms with Crippen molar-refractivity contribution in [3.8, 4) is 0 Å². The number of anilines is 1. The van der Waals surface area contributed by atoms with Gasteiger partial charge in [-0.05, 0) is 60.2 Å². The number of thioether (sulfide) groups is 1. The topological polar surface area (TPSA) is 78.7 Å². The molecule has 0 aliphatic carbocycles. The summed E-state index contributed by atoms with van der Waals surface area (Å²) >= 11 is 1.75. The fraction of sp³-hybridized carbons (Fsp3) is 0.217. The number of hydrogen-bond acceptors (Lipinski definition) is 4. The number of furan rings is 1. The summed E-state index contributed by atoms with van der Waals surface area (Å²) in [4.78, 5) is 17.6. The summed E-state index contributed by atoms with van der Waals surface area (Å²) < 4.78 is 5.10. The number of guanidine groups is 1. The Kier molecular flexibility index (Phi) is 9.93. The molecule has 0 aliphatic heterocycles. The zero-order valence-electron chi connectivity index (χ0n) is 17.8. The second kappa shape index (κ2) is 12.4. The Morgan fingerprint density at radius 3 is 2.45 bits per heavy atom. The Balaban J connectivity index is 0.00000341. The van der Waals surface area contributed by atoms with E-state index in [1.165, 1.54) is 22.3 Å². The van der Waals surface area contributed by atoms with Crippen LogP contribution in [0.3, 0.4) is 0 Å². The molecule has 164 valence electrons. The molecule has 0 spiro atoms. The molecule has 0 radical (unpaired) electrons. The maximum absolute atomic E-state index is 12.0. The van der Waals surface area contributed by atoms with Crippen LogP contribution in [0.2, 0.25) is 0 Å². The normalized spacial score (nSPS) is 10.9. The Morgan fingerprint density at radius 2 is 1.81 bits per heavy atom. The number of halogens is 1. The maximum Gasteiger partial charge on any atom is 0.291 e. The minimum absolute atomic E-state index is 0. The quantitative estimate of drug-likeness (QED) is 0.166.